The van der Waals surface area contributed by atoms with Gasteiger partial charge in [-0.2, -0.15) is 0 Å². The normalized spacial score (nSPS) is 20.7. The summed E-state index contributed by atoms with van der Waals surface area (Å²) >= 11 is 0. The van der Waals surface area contributed by atoms with Crippen LogP contribution in [0.25, 0.3) is 11.2 Å². The molecular formula is C43H43N5O9. The minimum Gasteiger partial charge on any atom is -0.497 e. The summed E-state index contributed by atoms with van der Waals surface area (Å²) in [5.74, 6) is 1.85. The summed E-state index contributed by atoms with van der Waals surface area (Å²) < 4.78 is 44.0. The number of aromatic nitrogens is 4. The molecule has 14 heteroatoms. The first kappa shape index (κ1) is 38.0. The van der Waals surface area contributed by atoms with Crippen LogP contribution in [0.2, 0.25) is 0 Å². The molecule has 6 aromatic rings. The Balaban J connectivity index is 1.13. The lowest BCUT2D eigenvalue weighted by Crippen LogP contribution is -2.41. The number of benzene rings is 4. The van der Waals surface area contributed by atoms with Gasteiger partial charge in [0.15, 0.2) is 29.5 Å². The topological polar surface area (TPSA) is 158 Å². The van der Waals surface area contributed by atoms with Crippen molar-refractivity contribution in [3.63, 3.8) is 0 Å². The molecule has 0 saturated carbocycles. The standard InChI is InChI=1S/C43H43N5O9/c1-51-31-17-11-27(12-18-31)41(50)47-39-36-40(45-25-44-39)48(26-46-36)42-38(57-35-10-7-23-54-35)37(49)34(56-42)24-55-43(28-8-5-4-6-9-28,29-13-19-32(52-2)20-14-29)30-15-21-33(53-3)22-16-30/h4-6,8-9,11-22,25-26,34-35,37-38,42,49H,7,10,23-24H2,1-3H3,(H,44,45,47,50)/t34-,35?,37-,38-,42-/m1/s1. The summed E-state index contributed by atoms with van der Waals surface area (Å²) in [7, 11) is 4.81. The molecule has 4 aromatic carbocycles. The molecule has 2 aliphatic rings. The molecule has 14 nitrogen and oxygen atoms in total. The summed E-state index contributed by atoms with van der Waals surface area (Å²) in [5, 5.41) is 14.9. The molecule has 5 atom stereocenters. The molecule has 2 N–H and O–H groups in total. The average Bonchev–Trinajstić information content (AvgIpc) is 4.02. The van der Waals surface area contributed by atoms with Crippen molar-refractivity contribution in [3.05, 3.63) is 138 Å². The van der Waals surface area contributed by atoms with E-state index in [4.69, 9.17) is 33.2 Å². The second-order valence-corrected chi connectivity index (χ2v) is 13.6. The lowest BCUT2D eigenvalue weighted by Gasteiger charge is -2.37. The molecule has 0 spiro atoms. The lowest BCUT2D eigenvalue weighted by molar-refractivity contribution is -0.181. The third kappa shape index (κ3) is 7.53. The molecule has 8 rings (SSSR count). The van der Waals surface area contributed by atoms with Crippen LogP contribution in [0.3, 0.4) is 0 Å². The van der Waals surface area contributed by atoms with E-state index in [2.05, 4.69) is 20.3 Å². The zero-order valence-corrected chi connectivity index (χ0v) is 31.7. The van der Waals surface area contributed by atoms with E-state index in [1.165, 1.54) is 12.7 Å². The van der Waals surface area contributed by atoms with Crippen molar-refractivity contribution in [1.82, 2.24) is 19.5 Å². The highest BCUT2D eigenvalue weighted by molar-refractivity contribution is 6.06. The molecule has 2 aromatic heterocycles. The Morgan fingerprint density at radius 3 is 2.04 bits per heavy atom. The van der Waals surface area contributed by atoms with Crippen LogP contribution in [0.5, 0.6) is 17.2 Å². The zero-order valence-electron chi connectivity index (χ0n) is 31.7. The number of carbonyl (C=O) groups is 1. The van der Waals surface area contributed by atoms with Crippen molar-refractivity contribution in [1.29, 1.82) is 0 Å². The van der Waals surface area contributed by atoms with Gasteiger partial charge in [0.2, 0.25) is 0 Å². The predicted octanol–water partition coefficient (Wildman–Crippen LogP) is 5.89. The lowest BCUT2D eigenvalue weighted by atomic mass is 9.80. The van der Waals surface area contributed by atoms with Gasteiger partial charge in [-0.15, -0.1) is 0 Å². The molecule has 2 fully saturated rings. The Morgan fingerprint density at radius 2 is 1.44 bits per heavy atom. The summed E-state index contributed by atoms with van der Waals surface area (Å²) in [4.78, 5) is 26.6. The smallest absolute Gasteiger partial charge is 0.256 e. The van der Waals surface area contributed by atoms with Gasteiger partial charge in [0.05, 0.1) is 34.3 Å². The van der Waals surface area contributed by atoms with E-state index in [1.807, 2.05) is 78.9 Å². The van der Waals surface area contributed by atoms with E-state index in [1.54, 1.807) is 50.2 Å². The quantitative estimate of drug-likeness (QED) is 0.127. The van der Waals surface area contributed by atoms with Crippen LogP contribution in [0.4, 0.5) is 5.82 Å². The molecule has 2 aliphatic heterocycles. The SMILES string of the molecule is COc1ccc(C(=O)Nc2ncnc3c2ncn3[C@@H]2O[C@H](COC(c3ccccc3)(c3ccc(OC)cc3)c3ccc(OC)cc3)[C@@H](O)[C@H]2OC2CCCO2)cc1. The van der Waals surface area contributed by atoms with Gasteiger partial charge in [-0.05, 0) is 71.6 Å². The van der Waals surface area contributed by atoms with Crippen molar-refractivity contribution in [2.45, 2.75) is 49.3 Å². The first-order chi connectivity index (χ1) is 27.9. The molecule has 1 amide bonds. The third-order valence-corrected chi connectivity index (χ3v) is 10.4. The number of hydrogen-bond donors (Lipinski definition) is 2. The molecule has 4 heterocycles. The maximum atomic E-state index is 13.2. The minimum atomic E-state index is -1.16. The van der Waals surface area contributed by atoms with Crippen LogP contribution >= 0.6 is 0 Å². The number of aliphatic hydroxyl groups is 1. The number of hydrogen-bond acceptors (Lipinski definition) is 12. The molecule has 1 unspecified atom stereocenters. The summed E-state index contributed by atoms with van der Waals surface area (Å²) in [5.41, 5.74) is 2.47. The number of ether oxygens (including phenoxy) is 7. The largest absolute Gasteiger partial charge is 0.497 e. The summed E-state index contributed by atoms with van der Waals surface area (Å²) in [6.45, 7) is 0.494. The van der Waals surface area contributed by atoms with Gasteiger partial charge in [-0.1, -0.05) is 54.6 Å². The number of nitrogens with zero attached hydrogens (tertiary/aromatic N) is 4. The second kappa shape index (κ2) is 16.7. The molecule has 0 bridgehead atoms. The van der Waals surface area contributed by atoms with E-state index in [-0.39, 0.29) is 18.3 Å². The number of nitrogens with one attached hydrogen (secondary N) is 1. The first-order valence-electron chi connectivity index (χ1n) is 18.6. The molecule has 57 heavy (non-hydrogen) atoms. The fraction of sp³-hybridized carbons (Fsp3) is 0.302. The van der Waals surface area contributed by atoms with E-state index < -0.39 is 36.4 Å². The van der Waals surface area contributed by atoms with Gasteiger partial charge >= 0.3 is 0 Å². The molecule has 0 aliphatic carbocycles. The summed E-state index contributed by atoms with van der Waals surface area (Å²) in [6.07, 6.45) is -0.0219. The number of fused-ring (bicyclic) bond motifs is 1. The summed E-state index contributed by atoms with van der Waals surface area (Å²) in [6, 6.07) is 32.0. The van der Waals surface area contributed by atoms with Crippen molar-refractivity contribution in [3.8, 4) is 17.2 Å². The highest BCUT2D eigenvalue weighted by Crippen LogP contribution is 2.43. The van der Waals surface area contributed by atoms with E-state index in [9.17, 15) is 9.90 Å². The number of amides is 1. The van der Waals surface area contributed by atoms with E-state index in [0.29, 0.717) is 47.0 Å². The van der Waals surface area contributed by atoms with Crippen LogP contribution in [0.15, 0.2) is 116 Å². The van der Waals surface area contributed by atoms with Crippen LogP contribution in [-0.4, -0.2) is 89.7 Å². The maximum absolute atomic E-state index is 13.2. The third-order valence-electron chi connectivity index (χ3n) is 10.4. The van der Waals surface area contributed by atoms with Crippen molar-refractivity contribution >= 4 is 22.9 Å². The van der Waals surface area contributed by atoms with Crippen molar-refractivity contribution in [2.24, 2.45) is 0 Å². The number of rotatable bonds is 14. The molecule has 2 saturated heterocycles. The Morgan fingerprint density at radius 1 is 0.825 bits per heavy atom. The average molecular weight is 774 g/mol. The molecule has 294 valence electrons. The molecular weight excluding hydrogens is 730 g/mol. The predicted molar refractivity (Wildman–Crippen MR) is 208 cm³/mol. The van der Waals surface area contributed by atoms with Gasteiger partial charge in [0, 0.05) is 18.6 Å². The maximum Gasteiger partial charge on any atom is 0.256 e. The highest BCUT2D eigenvalue weighted by atomic mass is 16.7. The van der Waals surface area contributed by atoms with Crippen LogP contribution < -0.4 is 19.5 Å². The Bertz CT molecular complexity index is 2220. The number of methoxy groups -OCH3 is 3. The fourth-order valence-corrected chi connectivity index (χ4v) is 7.39. The van der Waals surface area contributed by atoms with Gasteiger partial charge < -0.3 is 43.6 Å². The van der Waals surface area contributed by atoms with Crippen LogP contribution in [-0.2, 0) is 24.5 Å². The number of carbonyl (C=O) groups excluding carboxylic acids is 1. The van der Waals surface area contributed by atoms with Gasteiger partial charge in [-0.25, -0.2) is 15.0 Å². The minimum absolute atomic E-state index is 0.0548. The second-order valence-electron chi connectivity index (χ2n) is 13.6. The zero-order chi connectivity index (χ0) is 39.4. The fourth-order valence-electron chi connectivity index (χ4n) is 7.39. The van der Waals surface area contributed by atoms with Crippen LogP contribution in [0, 0.1) is 0 Å². The number of imidazole rings is 1. The van der Waals surface area contributed by atoms with Crippen molar-refractivity contribution in [2.75, 3.05) is 39.9 Å². The Labute approximate surface area is 329 Å². The van der Waals surface area contributed by atoms with E-state index >= 15 is 0 Å². The van der Waals surface area contributed by atoms with Gasteiger partial charge in [-0.3, -0.25) is 9.36 Å². The van der Waals surface area contributed by atoms with Crippen LogP contribution in [0.1, 0.15) is 46.1 Å². The Kier molecular flexibility index (Phi) is 11.1. The number of aliphatic hydroxyl groups excluding tert-OH is 1. The van der Waals surface area contributed by atoms with Crippen molar-refractivity contribution < 1.29 is 43.1 Å². The van der Waals surface area contributed by atoms with E-state index in [0.717, 1.165) is 23.1 Å². The monoisotopic (exact) mass is 773 g/mol. The Hall–Kier alpha value is -5.90. The van der Waals surface area contributed by atoms with Gasteiger partial charge in [0.1, 0.15) is 47.5 Å². The van der Waals surface area contributed by atoms with Gasteiger partial charge in [0.25, 0.3) is 5.91 Å². The number of anilines is 1. The molecule has 0 radical (unpaired) electrons. The highest BCUT2D eigenvalue weighted by Gasteiger charge is 2.49. The first-order valence-corrected chi connectivity index (χ1v) is 18.6.